The van der Waals surface area contributed by atoms with E-state index in [1.807, 2.05) is 0 Å². The van der Waals surface area contributed by atoms with Gasteiger partial charge >= 0.3 is 0 Å². The van der Waals surface area contributed by atoms with Gasteiger partial charge in [0.2, 0.25) is 5.91 Å². The molecule has 1 aliphatic carbocycles. The average molecular weight is 255 g/mol. The standard InChI is InChI=1S/C15H29NO2/c1-15(2,3)13(10-11-17)16-14(18)9-8-12-6-4-5-7-12/h12-13,17H,4-11H2,1-3H3,(H,16,18). The number of amides is 1. The van der Waals surface area contributed by atoms with E-state index < -0.39 is 0 Å². The van der Waals surface area contributed by atoms with Gasteiger partial charge < -0.3 is 10.4 Å². The molecule has 106 valence electrons. The van der Waals surface area contributed by atoms with Crippen molar-refractivity contribution in [1.82, 2.24) is 5.32 Å². The van der Waals surface area contributed by atoms with Gasteiger partial charge in [-0.2, -0.15) is 0 Å². The fourth-order valence-electron chi connectivity index (χ4n) is 2.75. The number of aliphatic hydroxyl groups is 1. The first-order valence-corrected chi connectivity index (χ1v) is 7.33. The molecule has 0 heterocycles. The molecule has 1 fully saturated rings. The summed E-state index contributed by atoms with van der Waals surface area (Å²) in [6, 6.07) is 0.0681. The predicted molar refractivity (Wildman–Crippen MR) is 74.3 cm³/mol. The SMILES string of the molecule is CC(C)(C)C(CCO)NC(=O)CCC1CCCC1. The predicted octanol–water partition coefficient (Wildman–Crippen LogP) is 2.87. The van der Waals surface area contributed by atoms with Gasteiger partial charge in [0, 0.05) is 19.1 Å². The topological polar surface area (TPSA) is 49.3 Å². The molecule has 0 aromatic rings. The number of hydrogen-bond acceptors (Lipinski definition) is 2. The first-order chi connectivity index (χ1) is 8.43. The summed E-state index contributed by atoms with van der Waals surface area (Å²) in [6.07, 6.45) is 7.57. The Morgan fingerprint density at radius 3 is 2.44 bits per heavy atom. The molecule has 2 N–H and O–H groups in total. The Balaban J connectivity index is 2.31. The molecular weight excluding hydrogens is 226 g/mol. The summed E-state index contributed by atoms with van der Waals surface area (Å²) >= 11 is 0. The molecule has 3 nitrogen and oxygen atoms in total. The molecule has 0 bridgehead atoms. The lowest BCUT2D eigenvalue weighted by atomic mass is 9.84. The summed E-state index contributed by atoms with van der Waals surface area (Å²) in [5.41, 5.74) is 0.00570. The van der Waals surface area contributed by atoms with Crippen LogP contribution in [0.3, 0.4) is 0 Å². The van der Waals surface area contributed by atoms with Gasteiger partial charge in [-0.1, -0.05) is 46.5 Å². The Labute approximate surface area is 111 Å². The smallest absolute Gasteiger partial charge is 0.220 e. The summed E-state index contributed by atoms with van der Waals surface area (Å²) < 4.78 is 0. The molecule has 3 heteroatoms. The van der Waals surface area contributed by atoms with Crippen LogP contribution in [0.1, 0.15) is 65.7 Å². The van der Waals surface area contributed by atoms with E-state index in [4.69, 9.17) is 5.11 Å². The zero-order chi connectivity index (χ0) is 13.6. The molecule has 1 unspecified atom stereocenters. The van der Waals surface area contributed by atoms with Crippen LogP contribution in [-0.4, -0.2) is 23.7 Å². The van der Waals surface area contributed by atoms with Crippen molar-refractivity contribution in [2.45, 2.75) is 71.8 Å². The summed E-state index contributed by atoms with van der Waals surface area (Å²) in [4.78, 5) is 11.9. The second-order valence-corrected chi connectivity index (χ2v) is 6.69. The second kappa shape index (κ2) is 7.13. The molecular formula is C15H29NO2. The van der Waals surface area contributed by atoms with Gasteiger partial charge in [-0.25, -0.2) is 0 Å². The van der Waals surface area contributed by atoms with Gasteiger partial charge in [-0.15, -0.1) is 0 Å². The van der Waals surface area contributed by atoms with E-state index in [-0.39, 0.29) is 24.0 Å². The Kier molecular flexibility index (Phi) is 6.13. The number of aliphatic hydroxyl groups excluding tert-OH is 1. The van der Waals surface area contributed by atoms with Crippen molar-refractivity contribution in [2.24, 2.45) is 11.3 Å². The van der Waals surface area contributed by atoms with E-state index in [0.29, 0.717) is 12.8 Å². The lowest BCUT2D eigenvalue weighted by Gasteiger charge is -2.31. The Hall–Kier alpha value is -0.570. The van der Waals surface area contributed by atoms with Crippen LogP contribution in [0.2, 0.25) is 0 Å². The van der Waals surface area contributed by atoms with Crippen LogP contribution in [0.25, 0.3) is 0 Å². The first-order valence-electron chi connectivity index (χ1n) is 7.33. The van der Waals surface area contributed by atoms with E-state index in [1.54, 1.807) is 0 Å². The maximum Gasteiger partial charge on any atom is 0.220 e. The van der Waals surface area contributed by atoms with Crippen molar-refractivity contribution in [2.75, 3.05) is 6.61 Å². The highest BCUT2D eigenvalue weighted by Crippen LogP contribution is 2.28. The molecule has 0 aromatic carbocycles. The van der Waals surface area contributed by atoms with Crippen molar-refractivity contribution < 1.29 is 9.90 Å². The van der Waals surface area contributed by atoms with Crippen molar-refractivity contribution in [3.8, 4) is 0 Å². The fourth-order valence-corrected chi connectivity index (χ4v) is 2.75. The Morgan fingerprint density at radius 1 is 1.33 bits per heavy atom. The van der Waals surface area contributed by atoms with Crippen molar-refractivity contribution >= 4 is 5.91 Å². The van der Waals surface area contributed by atoms with Crippen LogP contribution in [0.5, 0.6) is 0 Å². The van der Waals surface area contributed by atoms with E-state index in [9.17, 15) is 4.79 Å². The quantitative estimate of drug-likeness (QED) is 0.766. The highest BCUT2D eigenvalue weighted by molar-refractivity contribution is 5.76. The van der Waals surface area contributed by atoms with Gasteiger partial charge in [0.05, 0.1) is 0 Å². The summed E-state index contributed by atoms with van der Waals surface area (Å²) in [7, 11) is 0. The van der Waals surface area contributed by atoms with Crippen molar-refractivity contribution in [3.63, 3.8) is 0 Å². The lowest BCUT2D eigenvalue weighted by Crippen LogP contribution is -2.44. The van der Waals surface area contributed by atoms with Crippen LogP contribution < -0.4 is 5.32 Å². The Morgan fingerprint density at radius 2 is 1.94 bits per heavy atom. The third-order valence-corrected chi connectivity index (χ3v) is 4.05. The highest BCUT2D eigenvalue weighted by atomic mass is 16.3. The van der Waals surface area contributed by atoms with Gasteiger partial charge in [0.1, 0.15) is 0 Å². The minimum absolute atomic E-state index is 0.00570. The second-order valence-electron chi connectivity index (χ2n) is 6.69. The Bertz CT molecular complexity index is 252. The number of nitrogens with one attached hydrogen (secondary N) is 1. The van der Waals surface area contributed by atoms with E-state index in [1.165, 1.54) is 25.7 Å². The number of hydrogen-bond donors (Lipinski definition) is 2. The van der Waals surface area contributed by atoms with Crippen LogP contribution >= 0.6 is 0 Å². The number of carbonyl (C=O) groups excluding carboxylic acids is 1. The number of rotatable bonds is 6. The van der Waals surface area contributed by atoms with Gasteiger partial charge in [0.15, 0.2) is 0 Å². The zero-order valence-electron chi connectivity index (χ0n) is 12.2. The minimum Gasteiger partial charge on any atom is -0.396 e. The lowest BCUT2D eigenvalue weighted by molar-refractivity contribution is -0.123. The monoisotopic (exact) mass is 255 g/mol. The van der Waals surface area contributed by atoms with Crippen LogP contribution in [-0.2, 0) is 4.79 Å². The molecule has 1 atom stereocenters. The van der Waals surface area contributed by atoms with Gasteiger partial charge in [-0.05, 0) is 24.2 Å². The minimum atomic E-state index is 0.00570. The third kappa shape index (κ3) is 5.38. The molecule has 1 amide bonds. The fraction of sp³-hybridized carbons (Fsp3) is 0.933. The highest BCUT2D eigenvalue weighted by Gasteiger charge is 2.26. The summed E-state index contributed by atoms with van der Waals surface area (Å²) in [5, 5.41) is 12.1. The number of carbonyl (C=O) groups is 1. The van der Waals surface area contributed by atoms with Crippen LogP contribution in [0.4, 0.5) is 0 Å². The summed E-state index contributed by atoms with van der Waals surface area (Å²) in [5.74, 6) is 0.914. The van der Waals surface area contributed by atoms with Crippen LogP contribution in [0, 0.1) is 11.3 Å². The zero-order valence-corrected chi connectivity index (χ0v) is 12.2. The average Bonchev–Trinajstić information content (AvgIpc) is 2.77. The van der Waals surface area contributed by atoms with E-state index in [2.05, 4.69) is 26.1 Å². The maximum absolute atomic E-state index is 11.9. The molecule has 0 saturated heterocycles. The molecule has 18 heavy (non-hydrogen) atoms. The molecule has 0 aromatic heterocycles. The van der Waals surface area contributed by atoms with Gasteiger partial charge in [0.25, 0.3) is 0 Å². The molecule has 1 rings (SSSR count). The van der Waals surface area contributed by atoms with Crippen molar-refractivity contribution in [1.29, 1.82) is 0 Å². The van der Waals surface area contributed by atoms with E-state index in [0.717, 1.165) is 12.3 Å². The largest absolute Gasteiger partial charge is 0.396 e. The molecule has 1 saturated carbocycles. The molecule has 0 aliphatic heterocycles. The summed E-state index contributed by atoms with van der Waals surface area (Å²) in [6.45, 7) is 6.44. The normalized spacial score (nSPS) is 18.9. The third-order valence-electron chi connectivity index (χ3n) is 4.05. The van der Waals surface area contributed by atoms with Crippen LogP contribution in [0.15, 0.2) is 0 Å². The van der Waals surface area contributed by atoms with Crippen molar-refractivity contribution in [3.05, 3.63) is 0 Å². The molecule has 1 aliphatic rings. The first kappa shape index (κ1) is 15.5. The molecule has 0 spiro atoms. The van der Waals surface area contributed by atoms with E-state index >= 15 is 0 Å². The molecule has 0 radical (unpaired) electrons. The maximum atomic E-state index is 11.9. The van der Waals surface area contributed by atoms with Gasteiger partial charge in [-0.3, -0.25) is 4.79 Å².